The highest BCUT2D eigenvalue weighted by Gasteiger charge is 2.39. The second-order valence-electron chi connectivity index (χ2n) is 12.0. The Morgan fingerprint density at radius 1 is 0.911 bits per heavy atom. The molecule has 1 unspecified atom stereocenters. The molecule has 1 saturated heterocycles. The number of nitrogens with two attached hydrogens (primary N) is 1. The summed E-state index contributed by atoms with van der Waals surface area (Å²) in [4.78, 5) is 28.9. The highest BCUT2D eigenvalue weighted by molar-refractivity contribution is 5.85. The van der Waals surface area contributed by atoms with Crippen LogP contribution in [0.1, 0.15) is 49.3 Å². The molecule has 1 aliphatic rings. The number of guanidine groups is 1. The molecule has 4 atom stereocenters. The number of nitrogens with zero attached hydrogens (tertiary/aromatic N) is 1. The molecule has 45 heavy (non-hydrogen) atoms. The molecule has 8 nitrogen and oxygen atoms in total. The summed E-state index contributed by atoms with van der Waals surface area (Å²) in [5, 5.41) is 20.1. The number of fused-ring (bicyclic) bond motifs is 1. The molecule has 0 aliphatic carbocycles. The zero-order valence-electron chi connectivity index (χ0n) is 26.1. The third-order valence-corrected chi connectivity index (χ3v) is 8.82. The smallest absolute Gasteiger partial charge is 0.241 e. The molecular formula is C37H44N6O2. The molecule has 1 fully saturated rings. The summed E-state index contributed by atoms with van der Waals surface area (Å²) in [5.41, 5.74) is 9.19. The van der Waals surface area contributed by atoms with E-state index in [-0.39, 0.29) is 35.8 Å². The maximum absolute atomic E-state index is 14.4. The maximum Gasteiger partial charge on any atom is 0.241 e. The van der Waals surface area contributed by atoms with Gasteiger partial charge in [-0.25, -0.2) is 0 Å². The first-order valence-corrected chi connectivity index (χ1v) is 15.8. The molecule has 1 aliphatic heterocycles. The molecule has 0 aromatic heterocycles. The van der Waals surface area contributed by atoms with Crippen LogP contribution in [0, 0.1) is 5.41 Å². The molecule has 4 aromatic carbocycles. The largest absolute Gasteiger partial charge is 0.370 e. The fourth-order valence-corrected chi connectivity index (χ4v) is 6.56. The number of carbonyl (C=O) groups excluding carboxylic acids is 2. The number of nitrogens with one attached hydrogen (secondary N) is 4. The van der Waals surface area contributed by atoms with Crippen LogP contribution in [0.2, 0.25) is 0 Å². The third kappa shape index (κ3) is 8.08. The Bertz CT molecular complexity index is 1560. The summed E-state index contributed by atoms with van der Waals surface area (Å²) in [6.45, 7) is 4.55. The Morgan fingerprint density at radius 3 is 2.13 bits per heavy atom. The Kier molecular flexibility index (Phi) is 10.5. The molecular weight excluding hydrogens is 560 g/mol. The highest BCUT2D eigenvalue weighted by Crippen LogP contribution is 2.28. The Labute approximate surface area is 265 Å². The van der Waals surface area contributed by atoms with Gasteiger partial charge in [0.2, 0.25) is 11.8 Å². The molecule has 4 aromatic rings. The number of rotatable bonds is 11. The van der Waals surface area contributed by atoms with Gasteiger partial charge in [-0.1, -0.05) is 110 Å². The van der Waals surface area contributed by atoms with Crippen molar-refractivity contribution in [1.82, 2.24) is 20.9 Å². The molecule has 5 rings (SSSR count). The van der Waals surface area contributed by atoms with Crippen LogP contribution in [-0.2, 0) is 16.0 Å². The lowest BCUT2D eigenvalue weighted by molar-refractivity contribution is -0.133. The first kappa shape index (κ1) is 31.7. The van der Waals surface area contributed by atoms with Crippen molar-refractivity contribution < 1.29 is 9.59 Å². The zero-order chi connectivity index (χ0) is 31.8. The lowest BCUT2D eigenvalue weighted by atomic mass is 9.90. The Balaban J connectivity index is 1.47. The van der Waals surface area contributed by atoms with Crippen LogP contribution in [-0.4, -0.2) is 59.9 Å². The van der Waals surface area contributed by atoms with Gasteiger partial charge < -0.3 is 21.3 Å². The first-order chi connectivity index (χ1) is 21.8. The minimum Gasteiger partial charge on any atom is -0.370 e. The van der Waals surface area contributed by atoms with Gasteiger partial charge in [-0.15, -0.1) is 0 Å². The van der Waals surface area contributed by atoms with Gasteiger partial charge in [0.25, 0.3) is 0 Å². The third-order valence-electron chi connectivity index (χ3n) is 8.82. The van der Waals surface area contributed by atoms with Gasteiger partial charge in [0.15, 0.2) is 5.96 Å². The molecule has 1 heterocycles. The lowest BCUT2D eigenvalue weighted by Gasteiger charge is -2.34. The molecule has 8 heteroatoms. The summed E-state index contributed by atoms with van der Waals surface area (Å²) in [7, 11) is 0. The van der Waals surface area contributed by atoms with Gasteiger partial charge in [-0.3, -0.25) is 20.3 Å². The van der Waals surface area contributed by atoms with E-state index in [4.69, 9.17) is 11.1 Å². The maximum atomic E-state index is 14.4. The van der Waals surface area contributed by atoms with Crippen molar-refractivity contribution in [3.05, 3.63) is 120 Å². The number of benzene rings is 4. The Hall–Kier alpha value is -4.69. The van der Waals surface area contributed by atoms with Crippen LogP contribution < -0.4 is 21.7 Å². The van der Waals surface area contributed by atoms with Gasteiger partial charge in [0.1, 0.15) is 6.04 Å². The molecule has 234 valence electrons. The van der Waals surface area contributed by atoms with Gasteiger partial charge in [0.05, 0.1) is 6.04 Å². The van der Waals surface area contributed by atoms with Crippen LogP contribution in [0.5, 0.6) is 0 Å². The van der Waals surface area contributed by atoms with E-state index in [0.29, 0.717) is 32.4 Å². The normalized spacial score (nSPS) is 18.3. The van der Waals surface area contributed by atoms with E-state index >= 15 is 0 Å². The average molecular weight is 605 g/mol. The van der Waals surface area contributed by atoms with Crippen molar-refractivity contribution in [3.8, 4) is 0 Å². The Morgan fingerprint density at radius 2 is 1.53 bits per heavy atom. The average Bonchev–Trinajstić information content (AvgIpc) is 3.21. The first-order valence-electron chi connectivity index (χ1n) is 15.8. The quantitative estimate of drug-likeness (QED) is 0.127. The standard InChI is InChI=1S/C37H44N6O2/c1-3-32(42-37(38)39)35-36(45)43(24-31(28-13-6-4-7-14-28)29-15-8-5-9-16-29)21-20-33(41-35)34(40-25(2)44)23-26-18-19-27-12-10-11-17-30(27)22-26/h4-19,22,31-35,41H,3,20-21,23-24H2,1-2H3,(H,40,44)(H4,38,39,42)/t32?,33-,34+,35-/m0/s1. The van der Waals surface area contributed by atoms with E-state index in [9.17, 15) is 9.59 Å². The fraction of sp³-hybridized carbons (Fsp3) is 0.324. The van der Waals surface area contributed by atoms with Crippen molar-refractivity contribution in [3.63, 3.8) is 0 Å². The van der Waals surface area contributed by atoms with Crippen LogP contribution in [0.25, 0.3) is 10.8 Å². The molecule has 0 spiro atoms. The van der Waals surface area contributed by atoms with E-state index in [1.165, 1.54) is 12.3 Å². The van der Waals surface area contributed by atoms with E-state index in [2.05, 4.69) is 70.5 Å². The number of amides is 2. The minimum atomic E-state index is -0.647. The summed E-state index contributed by atoms with van der Waals surface area (Å²) >= 11 is 0. The predicted molar refractivity (Wildman–Crippen MR) is 181 cm³/mol. The van der Waals surface area contributed by atoms with Crippen LogP contribution in [0.15, 0.2) is 103 Å². The number of hydrogen-bond acceptors (Lipinski definition) is 4. The minimum absolute atomic E-state index is 0.0156. The van der Waals surface area contributed by atoms with Crippen molar-refractivity contribution in [2.45, 2.75) is 63.2 Å². The van der Waals surface area contributed by atoms with E-state index in [1.807, 2.05) is 60.4 Å². The molecule has 0 bridgehead atoms. The van der Waals surface area contributed by atoms with E-state index in [0.717, 1.165) is 22.1 Å². The second-order valence-corrected chi connectivity index (χ2v) is 12.0. The van der Waals surface area contributed by atoms with Crippen molar-refractivity contribution in [2.24, 2.45) is 5.73 Å². The van der Waals surface area contributed by atoms with Gasteiger partial charge in [-0.2, -0.15) is 0 Å². The van der Waals surface area contributed by atoms with Crippen molar-refractivity contribution in [1.29, 1.82) is 5.41 Å². The molecule has 2 amide bonds. The van der Waals surface area contributed by atoms with Crippen LogP contribution >= 0.6 is 0 Å². The number of carbonyl (C=O) groups is 2. The van der Waals surface area contributed by atoms with Crippen molar-refractivity contribution in [2.75, 3.05) is 13.1 Å². The topological polar surface area (TPSA) is 123 Å². The molecule has 0 saturated carbocycles. The lowest BCUT2D eigenvalue weighted by Crippen LogP contribution is -2.61. The highest BCUT2D eigenvalue weighted by atomic mass is 16.2. The molecule has 0 radical (unpaired) electrons. The zero-order valence-corrected chi connectivity index (χ0v) is 26.1. The SMILES string of the molecule is CCC(NC(=N)N)[C@@H]1N[C@H]([C@@H](Cc2ccc3ccccc3c2)NC(C)=O)CCN(CC(c2ccccc2)c2ccccc2)C1=O. The summed E-state index contributed by atoms with van der Waals surface area (Å²) in [6.07, 6.45) is 1.84. The predicted octanol–water partition coefficient (Wildman–Crippen LogP) is 4.54. The van der Waals surface area contributed by atoms with E-state index in [1.54, 1.807) is 0 Å². The molecule has 6 N–H and O–H groups in total. The van der Waals surface area contributed by atoms with Gasteiger partial charge >= 0.3 is 0 Å². The number of hydrogen-bond donors (Lipinski definition) is 5. The summed E-state index contributed by atoms with van der Waals surface area (Å²) in [6, 6.07) is 33.7. The van der Waals surface area contributed by atoms with E-state index < -0.39 is 12.1 Å². The fourth-order valence-electron chi connectivity index (χ4n) is 6.56. The second kappa shape index (κ2) is 14.9. The van der Waals surface area contributed by atoms with Crippen molar-refractivity contribution >= 4 is 28.5 Å². The van der Waals surface area contributed by atoms with Gasteiger partial charge in [-0.05, 0) is 46.7 Å². The monoisotopic (exact) mass is 604 g/mol. The van der Waals surface area contributed by atoms with Gasteiger partial charge in [0, 0.05) is 38.0 Å². The van der Waals surface area contributed by atoms with Crippen LogP contribution in [0.4, 0.5) is 0 Å². The summed E-state index contributed by atoms with van der Waals surface area (Å²) in [5.74, 6) is -0.348. The van der Waals surface area contributed by atoms with Crippen LogP contribution in [0.3, 0.4) is 0 Å². The summed E-state index contributed by atoms with van der Waals surface area (Å²) < 4.78 is 0.